The highest BCUT2D eigenvalue weighted by Gasteiger charge is 2.11. The normalized spacial score (nSPS) is 12.2. The Morgan fingerprint density at radius 1 is 1.31 bits per heavy atom. The predicted molar refractivity (Wildman–Crippen MR) is 101 cm³/mol. The first-order valence-corrected chi connectivity index (χ1v) is 8.69. The first-order valence-electron chi connectivity index (χ1n) is 8.69. The van der Waals surface area contributed by atoms with E-state index in [-0.39, 0.29) is 12.1 Å². The number of anilines is 1. The Morgan fingerprint density at radius 2 is 2.15 bits per heavy atom. The van der Waals surface area contributed by atoms with Crippen molar-refractivity contribution < 1.29 is 4.79 Å². The number of amides is 2. The van der Waals surface area contributed by atoms with Gasteiger partial charge in [-0.15, -0.1) is 0 Å². The Labute approximate surface area is 152 Å². The van der Waals surface area contributed by atoms with Gasteiger partial charge < -0.3 is 15.2 Å². The van der Waals surface area contributed by atoms with Crippen molar-refractivity contribution in [3.63, 3.8) is 0 Å². The molecule has 0 aliphatic heterocycles. The van der Waals surface area contributed by atoms with Crippen molar-refractivity contribution in [1.29, 1.82) is 0 Å². The number of nitrogens with one attached hydrogen (secondary N) is 3. The van der Waals surface area contributed by atoms with E-state index in [1.54, 1.807) is 12.4 Å². The summed E-state index contributed by atoms with van der Waals surface area (Å²) < 4.78 is 2.13. The van der Waals surface area contributed by atoms with Crippen LogP contribution in [-0.4, -0.2) is 25.8 Å². The lowest BCUT2D eigenvalue weighted by Crippen LogP contribution is -2.31. The number of benzene rings is 1. The van der Waals surface area contributed by atoms with Gasteiger partial charge in [-0.3, -0.25) is 5.10 Å². The van der Waals surface area contributed by atoms with Gasteiger partial charge in [0, 0.05) is 42.3 Å². The minimum Gasteiger partial charge on any atom is -0.331 e. The molecule has 0 saturated heterocycles. The van der Waals surface area contributed by atoms with Crippen LogP contribution in [-0.2, 0) is 6.54 Å². The van der Waals surface area contributed by atoms with Crippen molar-refractivity contribution in [2.24, 2.45) is 0 Å². The van der Waals surface area contributed by atoms with Gasteiger partial charge in [0.15, 0.2) is 0 Å². The summed E-state index contributed by atoms with van der Waals surface area (Å²) in [5.74, 6) is 1.41. The maximum atomic E-state index is 12.2. The second-order valence-electron chi connectivity index (χ2n) is 6.62. The van der Waals surface area contributed by atoms with Gasteiger partial charge in [-0.2, -0.15) is 5.10 Å². The molecule has 136 valence electrons. The summed E-state index contributed by atoms with van der Waals surface area (Å²) in [6.07, 6.45) is 7.27. The van der Waals surface area contributed by atoms with Crippen LogP contribution in [0.3, 0.4) is 0 Å². The van der Waals surface area contributed by atoms with Crippen LogP contribution >= 0.6 is 0 Å². The number of urea groups is 1. The Kier molecular flexibility index (Phi) is 5.36. The van der Waals surface area contributed by atoms with Crippen molar-refractivity contribution >= 4 is 11.7 Å². The largest absolute Gasteiger partial charge is 0.331 e. The Bertz CT molecular complexity index is 853. The summed E-state index contributed by atoms with van der Waals surface area (Å²) in [6, 6.07) is 7.46. The second-order valence-corrected chi connectivity index (χ2v) is 6.62. The fourth-order valence-electron chi connectivity index (χ4n) is 2.84. The summed E-state index contributed by atoms with van der Waals surface area (Å²) in [5.41, 5.74) is 2.78. The first-order chi connectivity index (χ1) is 12.5. The summed E-state index contributed by atoms with van der Waals surface area (Å²) in [4.78, 5) is 16.6. The number of hydrogen-bond donors (Lipinski definition) is 3. The Morgan fingerprint density at radius 3 is 2.88 bits per heavy atom. The van der Waals surface area contributed by atoms with Gasteiger partial charge in [0.05, 0.1) is 12.2 Å². The highest BCUT2D eigenvalue weighted by molar-refractivity contribution is 5.89. The van der Waals surface area contributed by atoms with Crippen LogP contribution in [0.1, 0.15) is 49.7 Å². The van der Waals surface area contributed by atoms with Gasteiger partial charge in [-0.25, -0.2) is 9.78 Å². The van der Waals surface area contributed by atoms with Crippen LogP contribution in [0.4, 0.5) is 10.5 Å². The zero-order valence-corrected chi connectivity index (χ0v) is 15.2. The van der Waals surface area contributed by atoms with Crippen LogP contribution in [0.25, 0.3) is 0 Å². The number of nitrogens with zero attached hydrogens (tertiary/aromatic N) is 3. The average Bonchev–Trinajstić information content (AvgIpc) is 3.26. The SMILES string of the molecule is CC(C)c1nccn1Cc1cccc(NC(=O)NC(C)c2cn[nH]c2)c1. The third kappa shape index (κ3) is 4.30. The van der Waals surface area contributed by atoms with Crippen molar-refractivity contribution in [2.75, 3.05) is 5.32 Å². The Hall–Kier alpha value is -3.09. The highest BCUT2D eigenvalue weighted by Crippen LogP contribution is 2.17. The lowest BCUT2D eigenvalue weighted by atomic mass is 10.1. The summed E-state index contributed by atoms with van der Waals surface area (Å²) in [7, 11) is 0. The molecule has 0 aliphatic carbocycles. The maximum Gasteiger partial charge on any atom is 0.319 e. The molecule has 3 rings (SSSR count). The molecule has 1 unspecified atom stereocenters. The molecule has 3 aromatic rings. The number of aromatic nitrogens is 4. The standard InChI is InChI=1S/C19H24N6O/c1-13(2)18-20-7-8-25(18)12-15-5-4-6-17(9-15)24-19(26)23-14(3)16-10-21-22-11-16/h4-11,13-14H,12H2,1-3H3,(H,21,22)(H2,23,24,26). The van der Waals surface area contributed by atoms with E-state index in [9.17, 15) is 4.79 Å². The van der Waals surface area contributed by atoms with Crippen LogP contribution in [0.15, 0.2) is 49.1 Å². The van der Waals surface area contributed by atoms with Crippen LogP contribution < -0.4 is 10.6 Å². The molecule has 0 bridgehead atoms. The molecule has 7 heteroatoms. The summed E-state index contributed by atoms with van der Waals surface area (Å²) in [5, 5.41) is 12.4. The van der Waals surface area contributed by atoms with E-state index in [0.717, 1.165) is 29.2 Å². The lowest BCUT2D eigenvalue weighted by Gasteiger charge is -2.14. The van der Waals surface area contributed by atoms with Gasteiger partial charge >= 0.3 is 6.03 Å². The number of imidazole rings is 1. The summed E-state index contributed by atoms with van der Waals surface area (Å²) in [6.45, 7) is 6.88. The molecule has 0 fully saturated rings. The van der Waals surface area contributed by atoms with E-state index in [2.05, 4.69) is 44.2 Å². The maximum absolute atomic E-state index is 12.2. The van der Waals surface area contributed by atoms with Crippen molar-refractivity contribution in [3.05, 3.63) is 66.0 Å². The molecule has 0 radical (unpaired) electrons. The van der Waals surface area contributed by atoms with Crippen LogP contribution in [0, 0.1) is 0 Å². The topological polar surface area (TPSA) is 87.6 Å². The number of carbonyl (C=O) groups excluding carboxylic acids is 1. The molecule has 2 amide bonds. The minimum atomic E-state index is -0.249. The molecule has 0 saturated carbocycles. The minimum absolute atomic E-state index is 0.128. The fourth-order valence-corrected chi connectivity index (χ4v) is 2.84. The average molecular weight is 352 g/mol. The lowest BCUT2D eigenvalue weighted by molar-refractivity contribution is 0.249. The smallest absolute Gasteiger partial charge is 0.319 e. The number of H-pyrrole nitrogens is 1. The number of rotatable bonds is 6. The van der Waals surface area contributed by atoms with Crippen molar-refractivity contribution in [2.45, 2.75) is 39.3 Å². The molecule has 3 N–H and O–H groups in total. The van der Waals surface area contributed by atoms with Crippen LogP contribution in [0.5, 0.6) is 0 Å². The van der Waals surface area contributed by atoms with E-state index in [1.807, 2.05) is 43.6 Å². The third-order valence-corrected chi connectivity index (χ3v) is 4.17. The highest BCUT2D eigenvalue weighted by atomic mass is 16.2. The predicted octanol–water partition coefficient (Wildman–Crippen LogP) is 3.66. The Balaban J connectivity index is 1.63. The second kappa shape index (κ2) is 7.86. The quantitative estimate of drug-likeness (QED) is 0.632. The van der Waals surface area contributed by atoms with E-state index in [1.165, 1.54) is 0 Å². The molecule has 2 aromatic heterocycles. The molecule has 7 nitrogen and oxygen atoms in total. The van der Waals surface area contributed by atoms with Gasteiger partial charge in [0.1, 0.15) is 5.82 Å². The zero-order valence-electron chi connectivity index (χ0n) is 15.2. The molecule has 1 aromatic carbocycles. The van der Waals surface area contributed by atoms with E-state index >= 15 is 0 Å². The molecular weight excluding hydrogens is 328 g/mol. The first kappa shape index (κ1) is 17.7. The van der Waals surface area contributed by atoms with Crippen LogP contribution in [0.2, 0.25) is 0 Å². The number of aromatic amines is 1. The molecular formula is C19H24N6O. The zero-order chi connectivity index (χ0) is 18.5. The third-order valence-electron chi connectivity index (χ3n) is 4.17. The van der Waals surface area contributed by atoms with Gasteiger partial charge in [-0.05, 0) is 24.6 Å². The summed E-state index contributed by atoms with van der Waals surface area (Å²) >= 11 is 0. The molecule has 0 aliphatic rings. The fraction of sp³-hybridized carbons (Fsp3) is 0.316. The van der Waals surface area contributed by atoms with Gasteiger partial charge in [0.25, 0.3) is 0 Å². The molecule has 26 heavy (non-hydrogen) atoms. The molecule has 1 atom stereocenters. The van der Waals surface area contributed by atoms with Gasteiger partial charge in [-0.1, -0.05) is 26.0 Å². The number of carbonyl (C=O) groups is 1. The monoisotopic (exact) mass is 352 g/mol. The van der Waals surface area contributed by atoms with Crippen molar-refractivity contribution in [3.8, 4) is 0 Å². The van der Waals surface area contributed by atoms with Gasteiger partial charge in [0.2, 0.25) is 0 Å². The van der Waals surface area contributed by atoms with Crippen molar-refractivity contribution in [1.82, 2.24) is 25.1 Å². The number of hydrogen-bond acceptors (Lipinski definition) is 3. The molecule has 0 spiro atoms. The van der Waals surface area contributed by atoms with E-state index in [4.69, 9.17) is 0 Å². The van der Waals surface area contributed by atoms with E-state index < -0.39 is 0 Å². The van der Waals surface area contributed by atoms with E-state index in [0.29, 0.717) is 5.92 Å². The molecule has 2 heterocycles.